The van der Waals surface area contributed by atoms with Crippen LogP contribution in [0.25, 0.3) is 0 Å². The molecule has 0 radical (unpaired) electrons. The molecule has 2 N–H and O–H groups in total. The van der Waals surface area contributed by atoms with Gasteiger partial charge in [0.2, 0.25) is 5.91 Å². The number of amides is 1. The first-order valence-corrected chi connectivity index (χ1v) is 4.99. The number of nitrogens with zero attached hydrogens (tertiary/aromatic N) is 1. The molecular weight excluding hydrogens is 184 g/mol. The average Bonchev–Trinajstić information content (AvgIpc) is 2.05. The largest absolute Gasteiger partial charge is 0.393 e. The summed E-state index contributed by atoms with van der Waals surface area (Å²) < 4.78 is 0. The molecule has 0 aliphatic rings. The van der Waals surface area contributed by atoms with Crippen molar-refractivity contribution in [3.05, 3.63) is 0 Å². The molecule has 0 aliphatic carbocycles. The Bertz CT molecular complexity index is 194. The van der Waals surface area contributed by atoms with Crippen LogP contribution in [0.1, 0.15) is 26.7 Å². The number of nitrogens with two attached hydrogens (primary N) is 1. The number of hydrogen-bond donors (Lipinski definition) is 1. The lowest BCUT2D eigenvalue weighted by atomic mass is 10.1. The average molecular weight is 202 g/mol. The van der Waals surface area contributed by atoms with Crippen molar-refractivity contribution >= 4 is 23.1 Å². The first-order valence-electron chi connectivity index (χ1n) is 4.58. The van der Waals surface area contributed by atoms with Gasteiger partial charge in [-0.05, 0) is 12.8 Å². The predicted octanol–water partition coefficient (Wildman–Crippen LogP) is 1.17. The van der Waals surface area contributed by atoms with E-state index in [4.69, 9.17) is 18.0 Å². The second-order valence-electron chi connectivity index (χ2n) is 3.12. The number of thiocarbonyl (C=S) groups is 1. The van der Waals surface area contributed by atoms with Crippen molar-refractivity contribution in [1.82, 2.24) is 4.90 Å². The molecule has 4 heteroatoms. The minimum Gasteiger partial charge on any atom is -0.393 e. The van der Waals surface area contributed by atoms with E-state index < -0.39 is 0 Å². The summed E-state index contributed by atoms with van der Waals surface area (Å²) >= 11 is 4.83. The van der Waals surface area contributed by atoms with Gasteiger partial charge in [-0.1, -0.05) is 26.1 Å². The number of rotatable bonds is 5. The van der Waals surface area contributed by atoms with Crippen LogP contribution in [0.5, 0.6) is 0 Å². The highest BCUT2D eigenvalue weighted by Crippen LogP contribution is 2.07. The molecule has 0 saturated heterocycles. The van der Waals surface area contributed by atoms with E-state index in [0.29, 0.717) is 11.4 Å². The Morgan fingerprint density at radius 1 is 1.54 bits per heavy atom. The Hall–Kier alpha value is -0.640. The van der Waals surface area contributed by atoms with Crippen LogP contribution in [0.3, 0.4) is 0 Å². The number of carbonyl (C=O) groups excluding carboxylic acids is 1. The third-order valence-corrected chi connectivity index (χ3v) is 2.27. The lowest BCUT2D eigenvalue weighted by molar-refractivity contribution is -0.132. The molecule has 0 heterocycles. The molecule has 1 atom stereocenters. The maximum atomic E-state index is 11.7. The van der Waals surface area contributed by atoms with E-state index >= 15 is 0 Å². The fourth-order valence-corrected chi connectivity index (χ4v) is 1.48. The Kier molecular flexibility index (Phi) is 5.62. The highest BCUT2D eigenvalue weighted by molar-refractivity contribution is 7.80. The first-order chi connectivity index (χ1) is 6.04. The van der Waals surface area contributed by atoms with Crippen LogP contribution in [0, 0.1) is 5.92 Å². The third kappa shape index (κ3) is 3.72. The molecule has 0 fully saturated rings. The smallest absolute Gasteiger partial charge is 0.232 e. The third-order valence-electron chi connectivity index (χ3n) is 1.99. The fourth-order valence-electron chi connectivity index (χ4n) is 1.21. The van der Waals surface area contributed by atoms with Crippen LogP contribution >= 0.6 is 12.2 Å². The molecule has 3 nitrogen and oxygen atoms in total. The Morgan fingerprint density at radius 3 is 2.38 bits per heavy atom. The summed E-state index contributed by atoms with van der Waals surface area (Å²) in [6, 6.07) is 0. The predicted molar refractivity (Wildman–Crippen MR) is 58.5 cm³/mol. The quantitative estimate of drug-likeness (QED) is 0.681. The van der Waals surface area contributed by atoms with Crippen LogP contribution in [-0.4, -0.2) is 29.4 Å². The molecule has 0 bridgehead atoms. The lowest BCUT2D eigenvalue weighted by Crippen LogP contribution is -2.39. The number of carbonyl (C=O) groups is 1. The van der Waals surface area contributed by atoms with Crippen LogP contribution < -0.4 is 5.73 Å². The van der Waals surface area contributed by atoms with Gasteiger partial charge in [-0.25, -0.2) is 0 Å². The van der Waals surface area contributed by atoms with E-state index in [0.717, 1.165) is 13.0 Å². The molecule has 0 spiro atoms. The van der Waals surface area contributed by atoms with Crippen molar-refractivity contribution in [2.24, 2.45) is 11.7 Å². The van der Waals surface area contributed by atoms with Gasteiger partial charge in [0.15, 0.2) is 0 Å². The normalized spacial score (nSPS) is 12.2. The summed E-state index contributed by atoms with van der Waals surface area (Å²) in [7, 11) is 1.78. The van der Waals surface area contributed by atoms with E-state index in [1.807, 2.05) is 13.8 Å². The Labute approximate surface area is 85.3 Å². The van der Waals surface area contributed by atoms with Gasteiger partial charge in [-0.2, -0.15) is 0 Å². The first kappa shape index (κ1) is 12.4. The molecule has 13 heavy (non-hydrogen) atoms. The molecule has 0 aliphatic heterocycles. The van der Waals surface area contributed by atoms with Gasteiger partial charge in [0, 0.05) is 13.6 Å². The maximum Gasteiger partial charge on any atom is 0.232 e. The molecule has 1 unspecified atom stereocenters. The van der Waals surface area contributed by atoms with Crippen LogP contribution in [-0.2, 0) is 4.79 Å². The van der Waals surface area contributed by atoms with Crippen LogP contribution in [0.15, 0.2) is 0 Å². The van der Waals surface area contributed by atoms with E-state index in [1.165, 1.54) is 0 Å². The molecule has 0 saturated carbocycles. The molecule has 0 aromatic carbocycles. The van der Waals surface area contributed by atoms with Gasteiger partial charge in [0.25, 0.3) is 0 Å². The van der Waals surface area contributed by atoms with E-state index in [2.05, 4.69) is 0 Å². The highest BCUT2D eigenvalue weighted by Gasteiger charge is 2.21. The zero-order chi connectivity index (χ0) is 10.4. The standard InChI is InChI=1S/C9H18N2OS/c1-4-6-11(3)9(12)7(5-2)8(10)13/h7H,4-6H2,1-3H3,(H2,10,13). The summed E-state index contributed by atoms with van der Waals surface area (Å²) in [6.07, 6.45) is 1.64. The Balaban J connectivity index is 4.28. The van der Waals surface area contributed by atoms with Gasteiger partial charge in [-0.3, -0.25) is 4.79 Å². The van der Waals surface area contributed by atoms with Gasteiger partial charge >= 0.3 is 0 Å². The maximum absolute atomic E-state index is 11.7. The minimum absolute atomic E-state index is 0.0388. The summed E-state index contributed by atoms with van der Waals surface area (Å²) in [6.45, 7) is 4.71. The van der Waals surface area contributed by atoms with Gasteiger partial charge in [-0.15, -0.1) is 0 Å². The molecular formula is C9H18N2OS. The van der Waals surface area contributed by atoms with Crippen molar-refractivity contribution in [3.8, 4) is 0 Å². The molecule has 0 aromatic heterocycles. The van der Waals surface area contributed by atoms with Gasteiger partial charge in [0.05, 0.1) is 10.9 Å². The summed E-state index contributed by atoms with van der Waals surface area (Å²) in [5.74, 6) is -0.247. The van der Waals surface area contributed by atoms with Crippen LogP contribution in [0.4, 0.5) is 0 Å². The molecule has 76 valence electrons. The second kappa shape index (κ2) is 5.91. The second-order valence-corrected chi connectivity index (χ2v) is 3.59. The zero-order valence-electron chi connectivity index (χ0n) is 8.54. The van der Waals surface area contributed by atoms with E-state index in [-0.39, 0.29) is 11.8 Å². The van der Waals surface area contributed by atoms with Crippen LogP contribution in [0.2, 0.25) is 0 Å². The summed E-state index contributed by atoms with van der Waals surface area (Å²) in [5, 5.41) is 0. The van der Waals surface area contributed by atoms with Crippen molar-refractivity contribution in [2.75, 3.05) is 13.6 Å². The number of hydrogen-bond acceptors (Lipinski definition) is 2. The van der Waals surface area contributed by atoms with Crippen molar-refractivity contribution in [3.63, 3.8) is 0 Å². The topological polar surface area (TPSA) is 46.3 Å². The summed E-state index contributed by atoms with van der Waals surface area (Å²) in [5.41, 5.74) is 5.47. The van der Waals surface area contributed by atoms with E-state index in [1.54, 1.807) is 11.9 Å². The molecule has 0 rings (SSSR count). The SMILES string of the molecule is CCCN(C)C(=O)C(CC)C(N)=S. The fraction of sp³-hybridized carbons (Fsp3) is 0.778. The lowest BCUT2D eigenvalue weighted by Gasteiger charge is -2.21. The zero-order valence-corrected chi connectivity index (χ0v) is 9.36. The molecule has 1 amide bonds. The van der Waals surface area contributed by atoms with Gasteiger partial charge in [0.1, 0.15) is 0 Å². The van der Waals surface area contributed by atoms with E-state index in [9.17, 15) is 4.79 Å². The van der Waals surface area contributed by atoms with Crippen molar-refractivity contribution in [2.45, 2.75) is 26.7 Å². The van der Waals surface area contributed by atoms with Crippen molar-refractivity contribution in [1.29, 1.82) is 0 Å². The minimum atomic E-state index is -0.286. The monoisotopic (exact) mass is 202 g/mol. The summed E-state index contributed by atoms with van der Waals surface area (Å²) in [4.78, 5) is 13.7. The highest BCUT2D eigenvalue weighted by atomic mass is 32.1. The molecule has 0 aromatic rings. The van der Waals surface area contributed by atoms with Gasteiger partial charge < -0.3 is 10.6 Å². The van der Waals surface area contributed by atoms with Crippen molar-refractivity contribution < 1.29 is 4.79 Å². The Morgan fingerprint density at radius 2 is 2.08 bits per heavy atom.